The first-order valence-electron chi connectivity index (χ1n) is 7.24. The Morgan fingerprint density at radius 3 is 2.65 bits per heavy atom. The Bertz CT molecular complexity index is 758. The molecule has 0 bridgehead atoms. The van der Waals surface area contributed by atoms with E-state index in [1.165, 1.54) is 0 Å². The molecule has 3 nitrogen and oxygen atoms in total. The maximum absolute atomic E-state index is 12.5. The van der Waals surface area contributed by atoms with Gasteiger partial charge in [0.25, 0.3) is 5.91 Å². The summed E-state index contributed by atoms with van der Waals surface area (Å²) >= 11 is 3.23. The molecule has 5 heteroatoms. The summed E-state index contributed by atoms with van der Waals surface area (Å²) in [6.45, 7) is 0.533. The molecule has 1 heterocycles. The highest BCUT2D eigenvalue weighted by Gasteiger charge is 2.11. The summed E-state index contributed by atoms with van der Waals surface area (Å²) in [6, 6.07) is 17.6. The third-order valence-corrected chi connectivity index (χ3v) is 5.03. The van der Waals surface area contributed by atoms with E-state index >= 15 is 0 Å². The van der Waals surface area contributed by atoms with Gasteiger partial charge in [-0.15, -0.1) is 23.1 Å². The van der Waals surface area contributed by atoms with Crippen LogP contribution in [0.5, 0.6) is 0 Å². The summed E-state index contributed by atoms with van der Waals surface area (Å²) in [5, 5.41) is 5.02. The van der Waals surface area contributed by atoms with Crippen LogP contribution in [0, 0.1) is 0 Å². The van der Waals surface area contributed by atoms with E-state index in [1.54, 1.807) is 23.1 Å². The SMILES string of the molecule is O=C(NCc1ccccc1)c1ccccc1SCc1cscn1. The zero-order valence-corrected chi connectivity index (χ0v) is 14.1. The number of rotatable bonds is 6. The van der Waals surface area contributed by atoms with Gasteiger partial charge in [-0.05, 0) is 17.7 Å². The van der Waals surface area contributed by atoms with Crippen LogP contribution in [0.4, 0.5) is 0 Å². The van der Waals surface area contributed by atoms with E-state index in [0.29, 0.717) is 12.1 Å². The van der Waals surface area contributed by atoms with Gasteiger partial charge in [-0.3, -0.25) is 4.79 Å². The molecular weight excluding hydrogens is 324 g/mol. The first-order valence-corrected chi connectivity index (χ1v) is 9.17. The molecule has 116 valence electrons. The largest absolute Gasteiger partial charge is 0.348 e. The molecule has 2 aromatic carbocycles. The van der Waals surface area contributed by atoms with Crippen molar-refractivity contribution >= 4 is 29.0 Å². The third kappa shape index (κ3) is 4.43. The monoisotopic (exact) mass is 340 g/mol. The molecule has 0 radical (unpaired) electrons. The van der Waals surface area contributed by atoms with Crippen molar-refractivity contribution in [3.63, 3.8) is 0 Å². The Morgan fingerprint density at radius 2 is 1.87 bits per heavy atom. The van der Waals surface area contributed by atoms with Crippen LogP contribution in [0.15, 0.2) is 70.4 Å². The second-order valence-corrected chi connectivity index (χ2v) is 6.67. The first-order chi connectivity index (χ1) is 11.3. The number of thiazole rings is 1. The Labute approximate surface area is 143 Å². The zero-order valence-electron chi connectivity index (χ0n) is 12.4. The number of benzene rings is 2. The maximum Gasteiger partial charge on any atom is 0.252 e. The molecule has 1 aromatic heterocycles. The lowest BCUT2D eigenvalue weighted by Gasteiger charge is -2.09. The molecule has 1 amide bonds. The van der Waals surface area contributed by atoms with Gasteiger partial charge < -0.3 is 5.32 Å². The molecule has 1 N–H and O–H groups in total. The fourth-order valence-electron chi connectivity index (χ4n) is 2.11. The number of nitrogens with zero attached hydrogens (tertiary/aromatic N) is 1. The van der Waals surface area contributed by atoms with Crippen LogP contribution in [0.2, 0.25) is 0 Å². The summed E-state index contributed by atoms with van der Waals surface area (Å²) in [6.07, 6.45) is 0. The van der Waals surface area contributed by atoms with Gasteiger partial charge >= 0.3 is 0 Å². The van der Waals surface area contributed by atoms with Crippen molar-refractivity contribution in [3.8, 4) is 0 Å². The molecule has 0 saturated heterocycles. The Hall–Kier alpha value is -2.11. The van der Waals surface area contributed by atoms with E-state index in [4.69, 9.17) is 0 Å². The lowest BCUT2D eigenvalue weighted by Crippen LogP contribution is -2.23. The van der Waals surface area contributed by atoms with Gasteiger partial charge in [-0.25, -0.2) is 4.98 Å². The van der Waals surface area contributed by atoms with E-state index in [0.717, 1.165) is 21.9 Å². The number of thioether (sulfide) groups is 1. The van der Waals surface area contributed by atoms with E-state index in [9.17, 15) is 4.79 Å². The standard InChI is InChI=1S/C18H16N2OS2/c21-18(19-10-14-6-2-1-3-7-14)16-8-4-5-9-17(16)23-12-15-11-22-13-20-15/h1-9,11,13H,10,12H2,(H,19,21). The molecule has 0 aliphatic heterocycles. The summed E-state index contributed by atoms with van der Waals surface area (Å²) in [5.41, 5.74) is 4.67. The highest BCUT2D eigenvalue weighted by atomic mass is 32.2. The van der Waals surface area contributed by atoms with Crippen molar-refractivity contribution in [2.45, 2.75) is 17.2 Å². The summed E-state index contributed by atoms with van der Waals surface area (Å²) < 4.78 is 0. The van der Waals surface area contributed by atoms with Gasteiger partial charge in [0.05, 0.1) is 16.8 Å². The van der Waals surface area contributed by atoms with E-state index < -0.39 is 0 Å². The Balaban J connectivity index is 1.65. The van der Waals surface area contributed by atoms with Gasteiger partial charge in [-0.2, -0.15) is 0 Å². The van der Waals surface area contributed by atoms with E-state index in [2.05, 4.69) is 10.3 Å². The Morgan fingerprint density at radius 1 is 1.09 bits per heavy atom. The minimum atomic E-state index is -0.0461. The van der Waals surface area contributed by atoms with Crippen LogP contribution < -0.4 is 5.32 Å². The van der Waals surface area contributed by atoms with Crippen LogP contribution in [0.25, 0.3) is 0 Å². The third-order valence-electron chi connectivity index (χ3n) is 3.29. The highest BCUT2D eigenvalue weighted by Crippen LogP contribution is 2.26. The molecule has 3 aromatic rings. The van der Waals surface area contributed by atoms with Gasteiger partial charge in [-0.1, -0.05) is 42.5 Å². The first kappa shape index (κ1) is 15.8. The lowest BCUT2D eigenvalue weighted by molar-refractivity contribution is 0.0948. The fraction of sp³-hybridized carbons (Fsp3) is 0.111. The molecular formula is C18H16N2OS2. The van der Waals surface area contributed by atoms with Crippen molar-refractivity contribution in [1.29, 1.82) is 0 Å². The quantitative estimate of drug-likeness (QED) is 0.678. The molecule has 3 rings (SSSR count). The van der Waals surface area contributed by atoms with Crippen molar-refractivity contribution in [3.05, 3.63) is 82.3 Å². The number of hydrogen-bond donors (Lipinski definition) is 1. The van der Waals surface area contributed by atoms with Crippen molar-refractivity contribution in [1.82, 2.24) is 10.3 Å². The van der Waals surface area contributed by atoms with Crippen LogP contribution in [0.1, 0.15) is 21.6 Å². The molecule has 0 aliphatic carbocycles. The lowest BCUT2D eigenvalue weighted by atomic mass is 10.2. The van der Waals surface area contributed by atoms with Crippen molar-refractivity contribution in [2.24, 2.45) is 0 Å². The molecule has 0 saturated carbocycles. The average Bonchev–Trinajstić information content (AvgIpc) is 3.12. The van der Waals surface area contributed by atoms with Crippen LogP contribution >= 0.6 is 23.1 Å². The summed E-state index contributed by atoms with van der Waals surface area (Å²) in [4.78, 5) is 17.7. The van der Waals surface area contributed by atoms with E-state index in [-0.39, 0.29) is 5.91 Å². The number of hydrogen-bond acceptors (Lipinski definition) is 4. The molecule has 0 aliphatic rings. The number of nitrogens with one attached hydrogen (secondary N) is 1. The average molecular weight is 340 g/mol. The minimum absolute atomic E-state index is 0.0461. The van der Waals surface area contributed by atoms with Gasteiger partial charge in [0.15, 0.2) is 0 Å². The predicted octanol–water partition coefficient (Wildman–Crippen LogP) is 4.37. The topological polar surface area (TPSA) is 42.0 Å². The predicted molar refractivity (Wildman–Crippen MR) is 95.7 cm³/mol. The van der Waals surface area contributed by atoms with Crippen LogP contribution in [0.3, 0.4) is 0 Å². The summed E-state index contributed by atoms with van der Waals surface area (Å²) in [7, 11) is 0. The molecule has 0 spiro atoms. The van der Waals surface area contributed by atoms with Crippen molar-refractivity contribution < 1.29 is 4.79 Å². The normalized spacial score (nSPS) is 10.4. The van der Waals surface area contributed by atoms with Gasteiger partial charge in [0.1, 0.15) is 0 Å². The minimum Gasteiger partial charge on any atom is -0.348 e. The van der Waals surface area contributed by atoms with Gasteiger partial charge in [0, 0.05) is 22.6 Å². The number of carbonyl (C=O) groups excluding carboxylic acids is 1. The second-order valence-electron chi connectivity index (χ2n) is 4.93. The number of amides is 1. The highest BCUT2D eigenvalue weighted by molar-refractivity contribution is 7.98. The van der Waals surface area contributed by atoms with Crippen molar-refractivity contribution in [2.75, 3.05) is 0 Å². The Kier molecular flexibility index (Phi) is 5.45. The zero-order chi connectivity index (χ0) is 15.9. The molecule has 0 fully saturated rings. The number of carbonyl (C=O) groups is 1. The van der Waals surface area contributed by atoms with Crippen LogP contribution in [-0.2, 0) is 12.3 Å². The second kappa shape index (κ2) is 7.94. The molecule has 0 unspecified atom stereocenters. The van der Waals surface area contributed by atoms with Gasteiger partial charge in [0.2, 0.25) is 0 Å². The smallest absolute Gasteiger partial charge is 0.252 e. The number of aromatic nitrogens is 1. The molecule has 23 heavy (non-hydrogen) atoms. The molecule has 0 atom stereocenters. The summed E-state index contributed by atoms with van der Waals surface area (Å²) in [5.74, 6) is 0.724. The fourth-order valence-corrected chi connectivity index (χ4v) is 3.73. The maximum atomic E-state index is 12.5. The van der Waals surface area contributed by atoms with Crippen LogP contribution in [-0.4, -0.2) is 10.9 Å². The van der Waals surface area contributed by atoms with E-state index in [1.807, 2.05) is 65.5 Å².